The van der Waals surface area contributed by atoms with Gasteiger partial charge in [-0.2, -0.15) is 0 Å². The van der Waals surface area contributed by atoms with Crippen LogP contribution in [0.5, 0.6) is 0 Å². The first-order chi connectivity index (χ1) is 12.0. The van der Waals surface area contributed by atoms with Crippen LogP contribution in [0.2, 0.25) is 0 Å². The first kappa shape index (κ1) is 17.5. The smallest absolute Gasteiger partial charge is 0.341 e. The molecular weight excluding hydrogens is 336 g/mol. The second-order valence-corrected chi connectivity index (χ2v) is 6.79. The fourth-order valence-electron chi connectivity index (χ4n) is 3.08. The summed E-state index contributed by atoms with van der Waals surface area (Å²) >= 11 is 1.37. The number of ether oxygens (including phenoxy) is 1. The number of fused-ring (bicyclic) bond motifs is 1. The number of para-hydroxylation sites is 1. The molecular formula is C19H20N2O3S. The third kappa shape index (κ3) is 3.39. The molecule has 1 aliphatic rings. The first-order valence-corrected chi connectivity index (χ1v) is 9.36. The Bertz CT molecular complexity index is 809. The Hall–Kier alpha value is -2.34. The van der Waals surface area contributed by atoms with Crippen molar-refractivity contribution in [2.75, 3.05) is 11.2 Å². The molecule has 1 aromatic carbocycles. The van der Waals surface area contributed by atoms with Crippen LogP contribution >= 0.6 is 11.8 Å². The van der Waals surface area contributed by atoms with E-state index in [1.54, 1.807) is 30.2 Å². The van der Waals surface area contributed by atoms with Crippen LogP contribution < -0.4 is 4.90 Å². The third-order valence-electron chi connectivity index (χ3n) is 4.26. The molecule has 2 heterocycles. The van der Waals surface area contributed by atoms with Gasteiger partial charge in [0.2, 0.25) is 0 Å². The highest BCUT2D eigenvalue weighted by atomic mass is 32.2. The summed E-state index contributed by atoms with van der Waals surface area (Å²) in [7, 11) is 0. The minimum absolute atomic E-state index is 0.0474. The number of thioether (sulfide) groups is 1. The SMILES string of the molecule is CSc1ncccc1C(=O)O[C@H](C)C(=O)N1c2ccccc2C[C@@H]1C. The Morgan fingerprint density at radius 1 is 1.28 bits per heavy atom. The molecule has 0 fully saturated rings. The number of aromatic nitrogens is 1. The predicted molar refractivity (Wildman–Crippen MR) is 98.0 cm³/mol. The van der Waals surface area contributed by atoms with Crippen LogP contribution in [0.3, 0.4) is 0 Å². The van der Waals surface area contributed by atoms with E-state index in [2.05, 4.69) is 4.98 Å². The number of carbonyl (C=O) groups is 2. The summed E-state index contributed by atoms with van der Waals surface area (Å²) in [6, 6.07) is 11.2. The van der Waals surface area contributed by atoms with Crippen LogP contribution in [-0.4, -0.2) is 35.3 Å². The minimum Gasteiger partial charge on any atom is -0.449 e. The number of rotatable bonds is 4. The van der Waals surface area contributed by atoms with Crippen molar-refractivity contribution in [3.8, 4) is 0 Å². The van der Waals surface area contributed by atoms with E-state index in [0.29, 0.717) is 10.6 Å². The van der Waals surface area contributed by atoms with Crippen LogP contribution in [-0.2, 0) is 16.0 Å². The number of carbonyl (C=O) groups excluding carboxylic acids is 2. The summed E-state index contributed by atoms with van der Waals surface area (Å²) in [6.07, 6.45) is 3.41. The lowest BCUT2D eigenvalue weighted by atomic mass is 10.1. The van der Waals surface area contributed by atoms with Gasteiger partial charge < -0.3 is 9.64 Å². The van der Waals surface area contributed by atoms with E-state index in [9.17, 15) is 9.59 Å². The molecule has 3 rings (SSSR count). The average Bonchev–Trinajstić information content (AvgIpc) is 2.96. The molecule has 6 heteroatoms. The lowest BCUT2D eigenvalue weighted by Gasteiger charge is -2.26. The van der Waals surface area contributed by atoms with Crippen molar-refractivity contribution in [3.05, 3.63) is 53.7 Å². The van der Waals surface area contributed by atoms with Gasteiger partial charge in [-0.1, -0.05) is 18.2 Å². The van der Waals surface area contributed by atoms with Gasteiger partial charge in [-0.25, -0.2) is 9.78 Å². The van der Waals surface area contributed by atoms with E-state index in [1.807, 2.05) is 37.4 Å². The summed E-state index contributed by atoms with van der Waals surface area (Å²) in [5, 5.41) is 0.590. The average molecular weight is 356 g/mol. The molecule has 0 bridgehead atoms. The van der Waals surface area contributed by atoms with Crippen molar-refractivity contribution in [2.45, 2.75) is 37.4 Å². The molecule has 0 N–H and O–H groups in total. The lowest BCUT2D eigenvalue weighted by molar-refractivity contribution is -0.126. The Morgan fingerprint density at radius 2 is 2.04 bits per heavy atom. The number of anilines is 1. The third-order valence-corrected chi connectivity index (χ3v) is 4.97. The maximum absolute atomic E-state index is 12.9. The number of pyridine rings is 1. The van der Waals surface area contributed by atoms with E-state index in [4.69, 9.17) is 4.74 Å². The molecule has 0 unspecified atom stereocenters. The highest BCUT2D eigenvalue weighted by Gasteiger charge is 2.34. The van der Waals surface area contributed by atoms with Crippen molar-refractivity contribution >= 4 is 29.3 Å². The van der Waals surface area contributed by atoms with Gasteiger partial charge in [-0.05, 0) is 50.3 Å². The molecule has 0 spiro atoms. The number of benzene rings is 1. The van der Waals surface area contributed by atoms with Gasteiger partial charge in [0.1, 0.15) is 5.03 Å². The maximum atomic E-state index is 12.9. The summed E-state index contributed by atoms with van der Waals surface area (Å²) in [4.78, 5) is 31.2. The highest BCUT2D eigenvalue weighted by molar-refractivity contribution is 7.98. The summed E-state index contributed by atoms with van der Waals surface area (Å²) in [5.74, 6) is -0.737. The summed E-state index contributed by atoms with van der Waals surface area (Å²) < 4.78 is 5.43. The molecule has 1 amide bonds. The largest absolute Gasteiger partial charge is 0.449 e. The van der Waals surface area contributed by atoms with Crippen LogP contribution in [0, 0.1) is 0 Å². The van der Waals surface area contributed by atoms with Crippen molar-refractivity contribution in [1.82, 2.24) is 4.98 Å². The lowest BCUT2D eigenvalue weighted by Crippen LogP contribution is -2.43. The quantitative estimate of drug-likeness (QED) is 0.621. The molecule has 25 heavy (non-hydrogen) atoms. The van der Waals surface area contributed by atoms with Gasteiger partial charge in [0.05, 0.1) is 5.56 Å². The number of amides is 1. The number of hydrogen-bond donors (Lipinski definition) is 0. The van der Waals surface area contributed by atoms with Gasteiger partial charge in [0, 0.05) is 17.9 Å². The van der Waals surface area contributed by atoms with E-state index >= 15 is 0 Å². The molecule has 5 nitrogen and oxygen atoms in total. The van der Waals surface area contributed by atoms with Gasteiger partial charge in [0.15, 0.2) is 6.10 Å². The molecule has 0 saturated heterocycles. The van der Waals surface area contributed by atoms with Crippen molar-refractivity contribution in [1.29, 1.82) is 0 Å². The van der Waals surface area contributed by atoms with Gasteiger partial charge in [0.25, 0.3) is 5.91 Å². The molecule has 0 aliphatic carbocycles. The molecule has 0 saturated carbocycles. The van der Waals surface area contributed by atoms with E-state index in [1.165, 1.54) is 11.8 Å². The Labute approximate surface area is 151 Å². The van der Waals surface area contributed by atoms with Gasteiger partial charge in [-0.3, -0.25) is 4.79 Å². The zero-order valence-corrected chi connectivity index (χ0v) is 15.2. The van der Waals surface area contributed by atoms with Crippen LogP contribution in [0.15, 0.2) is 47.6 Å². The summed E-state index contributed by atoms with van der Waals surface area (Å²) in [5.41, 5.74) is 2.41. The standard InChI is InChI=1S/C19H20N2O3S/c1-12-11-14-7-4-5-9-16(14)21(12)18(22)13(2)24-19(23)15-8-6-10-20-17(15)25-3/h4-10,12-13H,11H2,1-3H3/t12-,13+/m0/s1. The number of esters is 1. The second kappa shape index (κ2) is 7.27. The van der Waals surface area contributed by atoms with E-state index in [0.717, 1.165) is 17.7 Å². The molecule has 130 valence electrons. The number of hydrogen-bond acceptors (Lipinski definition) is 5. The Morgan fingerprint density at radius 3 is 2.80 bits per heavy atom. The summed E-state index contributed by atoms with van der Waals surface area (Å²) in [6.45, 7) is 3.61. The minimum atomic E-state index is -0.865. The maximum Gasteiger partial charge on any atom is 0.341 e. The van der Waals surface area contributed by atoms with Crippen molar-refractivity contribution < 1.29 is 14.3 Å². The predicted octanol–water partition coefficient (Wildman–Crippen LogP) is 3.33. The topological polar surface area (TPSA) is 59.5 Å². The number of nitrogens with zero attached hydrogens (tertiary/aromatic N) is 2. The fraction of sp³-hybridized carbons (Fsp3) is 0.316. The fourth-order valence-corrected chi connectivity index (χ4v) is 3.62. The molecule has 2 aromatic rings. The first-order valence-electron chi connectivity index (χ1n) is 8.14. The van der Waals surface area contributed by atoms with Crippen LogP contribution in [0.1, 0.15) is 29.8 Å². The molecule has 1 aromatic heterocycles. The van der Waals surface area contributed by atoms with Crippen LogP contribution in [0.4, 0.5) is 5.69 Å². The highest BCUT2D eigenvalue weighted by Crippen LogP contribution is 2.32. The van der Waals surface area contributed by atoms with Crippen LogP contribution in [0.25, 0.3) is 0 Å². The van der Waals surface area contributed by atoms with Crippen molar-refractivity contribution in [3.63, 3.8) is 0 Å². The van der Waals surface area contributed by atoms with E-state index in [-0.39, 0.29) is 11.9 Å². The second-order valence-electron chi connectivity index (χ2n) is 6.00. The molecule has 1 aliphatic heterocycles. The van der Waals surface area contributed by atoms with Gasteiger partial charge >= 0.3 is 5.97 Å². The molecule has 2 atom stereocenters. The monoisotopic (exact) mass is 356 g/mol. The van der Waals surface area contributed by atoms with E-state index < -0.39 is 12.1 Å². The normalized spacial score (nSPS) is 17.1. The van der Waals surface area contributed by atoms with Crippen molar-refractivity contribution in [2.24, 2.45) is 0 Å². The van der Waals surface area contributed by atoms with Gasteiger partial charge in [-0.15, -0.1) is 11.8 Å². The zero-order valence-electron chi connectivity index (χ0n) is 14.4. The molecule has 0 radical (unpaired) electrons. The Balaban J connectivity index is 1.76. The zero-order chi connectivity index (χ0) is 18.0. The Kier molecular flexibility index (Phi) is 5.08.